The highest BCUT2D eigenvalue weighted by molar-refractivity contribution is 14.1. The monoisotopic (exact) mass is 347 g/mol. The van der Waals surface area contributed by atoms with Crippen molar-refractivity contribution >= 4 is 38.5 Å². The fourth-order valence-corrected chi connectivity index (χ4v) is 3.26. The van der Waals surface area contributed by atoms with E-state index in [9.17, 15) is 0 Å². The van der Waals surface area contributed by atoms with Gasteiger partial charge in [-0.2, -0.15) is 5.26 Å². The van der Waals surface area contributed by atoms with E-state index < -0.39 is 0 Å². The zero-order valence-electron chi connectivity index (χ0n) is 6.85. The van der Waals surface area contributed by atoms with E-state index in [2.05, 4.69) is 56.7 Å². The summed E-state index contributed by atoms with van der Waals surface area (Å²) >= 11 is 5.71. The molecule has 0 spiro atoms. The molecule has 66 valence electrons. The molecule has 1 nitrogen and oxygen atoms in total. The van der Waals surface area contributed by atoms with Crippen LogP contribution in [-0.2, 0) is 5.41 Å². The number of nitriles is 1. The molecule has 13 heavy (non-hydrogen) atoms. The van der Waals surface area contributed by atoms with Crippen LogP contribution in [0.3, 0.4) is 0 Å². The number of benzene rings is 1. The van der Waals surface area contributed by atoms with Crippen LogP contribution in [0.1, 0.15) is 18.4 Å². The van der Waals surface area contributed by atoms with Crippen LogP contribution in [-0.4, -0.2) is 0 Å². The van der Waals surface area contributed by atoms with Crippen molar-refractivity contribution in [3.05, 3.63) is 31.8 Å². The van der Waals surface area contributed by atoms with Crippen molar-refractivity contribution in [2.45, 2.75) is 18.3 Å². The molecule has 0 bridgehead atoms. The molecule has 0 saturated heterocycles. The average Bonchev–Trinajstić information content (AvgIpc) is 2.85. The molecule has 3 heteroatoms. The highest BCUT2D eigenvalue weighted by Crippen LogP contribution is 2.49. The second kappa shape index (κ2) is 3.25. The maximum atomic E-state index is 9.04. The molecule has 0 aliphatic heterocycles. The Morgan fingerprint density at radius 1 is 1.46 bits per heavy atom. The van der Waals surface area contributed by atoms with Gasteiger partial charge in [-0.15, -0.1) is 0 Å². The first kappa shape index (κ1) is 9.47. The van der Waals surface area contributed by atoms with Crippen LogP contribution in [0, 0.1) is 14.9 Å². The second-order valence-corrected chi connectivity index (χ2v) is 5.40. The van der Waals surface area contributed by atoms with E-state index in [-0.39, 0.29) is 5.41 Å². The molecule has 1 fully saturated rings. The third-order valence-electron chi connectivity index (χ3n) is 2.41. The topological polar surface area (TPSA) is 23.8 Å². The third-order valence-corrected chi connectivity index (χ3v) is 3.80. The molecule has 0 aromatic heterocycles. The zero-order valence-corrected chi connectivity index (χ0v) is 10.6. The molecule has 1 aromatic rings. The van der Waals surface area contributed by atoms with Gasteiger partial charge in [-0.05, 0) is 53.1 Å². The van der Waals surface area contributed by atoms with Gasteiger partial charge in [0.2, 0.25) is 0 Å². The van der Waals surface area contributed by atoms with E-state index in [1.807, 2.05) is 6.07 Å². The van der Waals surface area contributed by atoms with Crippen LogP contribution in [0.2, 0.25) is 0 Å². The normalized spacial score (nSPS) is 17.9. The van der Waals surface area contributed by atoms with Crippen molar-refractivity contribution in [1.29, 1.82) is 5.26 Å². The number of hydrogen-bond donors (Lipinski definition) is 0. The number of rotatable bonds is 1. The fourth-order valence-electron chi connectivity index (χ4n) is 1.44. The molecule has 0 radical (unpaired) electrons. The van der Waals surface area contributed by atoms with Crippen molar-refractivity contribution in [2.24, 2.45) is 0 Å². The van der Waals surface area contributed by atoms with Crippen LogP contribution in [0.25, 0.3) is 0 Å². The van der Waals surface area contributed by atoms with Crippen molar-refractivity contribution in [3.8, 4) is 6.07 Å². The summed E-state index contributed by atoms with van der Waals surface area (Å²) in [7, 11) is 0. The standard InChI is InChI=1S/C10H7BrIN/c11-7-1-2-8(9(12)5-7)10(6-13)3-4-10/h1-2,5H,3-4H2. The zero-order chi connectivity index (χ0) is 9.47. The number of nitrogens with zero attached hydrogens (tertiary/aromatic N) is 1. The van der Waals surface area contributed by atoms with Crippen LogP contribution in [0.15, 0.2) is 22.7 Å². The minimum absolute atomic E-state index is 0.156. The molecule has 0 atom stereocenters. The Hall–Kier alpha value is -0.0800. The fraction of sp³-hybridized carbons (Fsp3) is 0.300. The van der Waals surface area contributed by atoms with E-state index in [0.717, 1.165) is 17.3 Å². The molecule has 0 amide bonds. The van der Waals surface area contributed by atoms with E-state index in [1.165, 1.54) is 9.13 Å². The Balaban J connectivity index is 2.48. The summed E-state index contributed by atoms with van der Waals surface area (Å²) in [6.45, 7) is 0. The highest BCUT2D eigenvalue weighted by atomic mass is 127. The SMILES string of the molecule is N#CC1(c2ccc(Br)cc2I)CC1. The molecular formula is C10H7BrIN. The molecular weight excluding hydrogens is 341 g/mol. The van der Waals surface area contributed by atoms with Gasteiger partial charge in [0.15, 0.2) is 0 Å². The van der Waals surface area contributed by atoms with Gasteiger partial charge in [0, 0.05) is 8.04 Å². The summed E-state index contributed by atoms with van der Waals surface area (Å²) in [5.74, 6) is 0. The first-order chi connectivity index (χ1) is 6.18. The number of hydrogen-bond acceptors (Lipinski definition) is 1. The Bertz CT molecular complexity index is 390. The summed E-state index contributed by atoms with van der Waals surface area (Å²) in [5, 5.41) is 9.04. The van der Waals surface area contributed by atoms with Crippen LogP contribution < -0.4 is 0 Å². The van der Waals surface area contributed by atoms with Crippen LogP contribution in [0.5, 0.6) is 0 Å². The van der Waals surface area contributed by atoms with Crippen LogP contribution in [0.4, 0.5) is 0 Å². The molecule has 1 aliphatic rings. The molecule has 1 saturated carbocycles. The van der Waals surface area contributed by atoms with Crippen molar-refractivity contribution in [2.75, 3.05) is 0 Å². The largest absolute Gasteiger partial charge is 0.197 e. The lowest BCUT2D eigenvalue weighted by Gasteiger charge is -2.08. The molecule has 0 N–H and O–H groups in total. The second-order valence-electron chi connectivity index (χ2n) is 3.32. The first-order valence-electron chi connectivity index (χ1n) is 4.05. The molecule has 1 aromatic carbocycles. The smallest absolute Gasteiger partial charge is 0.0834 e. The molecule has 1 aliphatic carbocycles. The van der Waals surface area contributed by atoms with Gasteiger partial charge in [0.1, 0.15) is 0 Å². The highest BCUT2D eigenvalue weighted by Gasteiger charge is 2.45. The van der Waals surface area contributed by atoms with Gasteiger partial charge in [-0.25, -0.2) is 0 Å². The third kappa shape index (κ3) is 1.62. The Morgan fingerprint density at radius 2 is 2.15 bits per heavy atom. The predicted molar refractivity (Wildman–Crippen MR) is 63.4 cm³/mol. The van der Waals surface area contributed by atoms with E-state index in [4.69, 9.17) is 5.26 Å². The average molecular weight is 348 g/mol. The maximum absolute atomic E-state index is 9.04. The lowest BCUT2D eigenvalue weighted by molar-refractivity contribution is 0.900. The van der Waals surface area contributed by atoms with Gasteiger partial charge in [0.05, 0.1) is 11.5 Å². The maximum Gasteiger partial charge on any atom is 0.0834 e. The predicted octanol–water partition coefficient (Wildman–Crippen LogP) is 3.61. The molecule has 2 rings (SSSR count). The lowest BCUT2D eigenvalue weighted by Crippen LogP contribution is -2.04. The van der Waals surface area contributed by atoms with Gasteiger partial charge in [-0.3, -0.25) is 0 Å². The van der Waals surface area contributed by atoms with E-state index in [1.54, 1.807) is 0 Å². The summed E-state index contributed by atoms with van der Waals surface area (Å²) in [4.78, 5) is 0. The summed E-state index contributed by atoms with van der Waals surface area (Å²) in [6, 6.07) is 8.54. The number of halogens is 2. The van der Waals surface area contributed by atoms with Gasteiger partial charge in [0.25, 0.3) is 0 Å². The first-order valence-corrected chi connectivity index (χ1v) is 5.92. The Labute approximate surface area is 99.4 Å². The minimum Gasteiger partial charge on any atom is -0.197 e. The Morgan fingerprint density at radius 3 is 2.62 bits per heavy atom. The lowest BCUT2D eigenvalue weighted by atomic mass is 9.98. The van der Waals surface area contributed by atoms with Crippen molar-refractivity contribution in [3.63, 3.8) is 0 Å². The van der Waals surface area contributed by atoms with E-state index >= 15 is 0 Å². The molecule has 0 unspecified atom stereocenters. The minimum atomic E-state index is -0.156. The Kier molecular flexibility index (Phi) is 2.37. The van der Waals surface area contributed by atoms with Crippen LogP contribution >= 0.6 is 38.5 Å². The van der Waals surface area contributed by atoms with Gasteiger partial charge < -0.3 is 0 Å². The van der Waals surface area contributed by atoms with E-state index in [0.29, 0.717) is 0 Å². The summed E-state index contributed by atoms with van der Waals surface area (Å²) < 4.78 is 2.26. The quantitative estimate of drug-likeness (QED) is 0.712. The van der Waals surface area contributed by atoms with Gasteiger partial charge in [-0.1, -0.05) is 22.0 Å². The molecule has 0 heterocycles. The van der Waals surface area contributed by atoms with Gasteiger partial charge >= 0.3 is 0 Å². The van der Waals surface area contributed by atoms with Crippen molar-refractivity contribution in [1.82, 2.24) is 0 Å². The van der Waals surface area contributed by atoms with Crippen molar-refractivity contribution < 1.29 is 0 Å². The summed E-state index contributed by atoms with van der Waals surface area (Å²) in [6.07, 6.45) is 2.03. The summed E-state index contributed by atoms with van der Waals surface area (Å²) in [5.41, 5.74) is 1.04.